The van der Waals surface area contributed by atoms with E-state index in [1.165, 1.54) is 29.3 Å². The van der Waals surface area contributed by atoms with Crippen molar-refractivity contribution in [2.24, 2.45) is 0 Å². The lowest BCUT2D eigenvalue weighted by Gasteiger charge is -2.40. The van der Waals surface area contributed by atoms with Crippen molar-refractivity contribution in [1.29, 1.82) is 0 Å². The Bertz CT molecular complexity index is 1520. The highest BCUT2D eigenvalue weighted by molar-refractivity contribution is 7.89. The smallest absolute Gasteiger partial charge is 0.242 e. The molecule has 1 atom stereocenters. The fourth-order valence-electron chi connectivity index (χ4n) is 5.27. The van der Waals surface area contributed by atoms with Crippen LogP contribution in [-0.2, 0) is 21.2 Å². The lowest BCUT2D eigenvalue weighted by Crippen LogP contribution is -2.56. The maximum atomic E-state index is 13.9. The molecule has 4 aromatic carbocycles. The summed E-state index contributed by atoms with van der Waals surface area (Å²) >= 11 is 12.3. The molecule has 41 heavy (non-hydrogen) atoms. The van der Waals surface area contributed by atoms with Gasteiger partial charge in [0.2, 0.25) is 15.9 Å². The Morgan fingerprint density at radius 2 is 1.29 bits per heavy atom. The maximum Gasteiger partial charge on any atom is 0.242 e. The number of amides is 1. The van der Waals surface area contributed by atoms with Gasteiger partial charge in [0.05, 0.1) is 11.1 Å². The van der Waals surface area contributed by atoms with E-state index in [2.05, 4.69) is 33.9 Å². The minimum Gasteiger partial charge on any atom is -0.339 e. The summed E-state index contributed by atoms with van der Waals surface area (Å²) in [5.41, 5.74) is 3.22. The van der Waals surface area contributed by atoms with E-state index < -0.39 is 16.1 Å². The normalized spacial score (nSPS) is 15.1. The van der Waals surface area contributed by atoms with E-state index in [0.717, 1.165) is 5.56 Å². The summed E-state index contributed by atoms with van der Waals surface area (Å²) in [6.07, 6.45) is 0.202. The summed E-state index contributed by atoms with van der Waals surface area (Å²) < 4.78 is 29.5. The molecular formula is C32H31Cl2N3O3S. The summed E-state index contributed by atoms with van der Waals surface area (Å²) in [6.45, 7) is 2.23. The second-order valence-electron chi connectivity index (χ2n) is 10.0. The van der Waals surface area contributed by atoms with Crippen molar-refractivity contribution < 1.29 is 13.2 Å². The number of carbonyl (C=O) groups is 1. The van der Waals surface area contributed by atoms with Crippen LogP contribution >= 0.6 is 23.2 Å². The first-order chi connectivity index (χ1) is 19.8. The molecule has 1 fully saturated rings. The van der Waals surface area contributed by atoms with Gasteiger partial charge in [-0.25, -0.2) is 8.42 Å². The highest BCUT2D eigenvalue weighted by atomic mass is 35.5. The number of sulfonamides is 1. The molecule has 1 heterocycles. The molecular weight excluding hydrogens is 577 g/mol. The van der Waals surface area contributed by atoms with Crippen LogP contribution in [0.25, 0.3) is 0 Å². The quantitative estimate of drug-likeness (QED) is 0.260. The Morgan fingerprint density at radius 1 is 0.756 bits per heavy atom. The van der Waals surface area contributed by atoms with Gasteiger partial charge in [0.15, 0.2) is 0 Å². The fraction of sp³-hybridized carbons (Fsp3) is 0.219. The molecule has 9 heteroatoms. The third-order valence-electron chi connectivity index (χ3n) is 7.28. The van der Waals surface area contributed by atoms with E-state index in [1.807, 2.05) is 66.7 Å². The van der Waals surface area contributed by atoms with Gasteiger partial charge in [-0.15, -0.1) is 0 Å². The molecule has 0 saturated carbocycles. The molecule has 1 aliphatic rings. The maximum absolute atomic E-state index is 13.9. The number of benzene rings is 4. The highest BCUT2D eigenvalue weighted by Gasteiger charge is 2.34. The van der Waals surface area contributed by atoms with Crippen molar-refractivity contribution in [2.75, 3.05) is 26.2 Å². The van der Waals surface area contributed by atoms with Crippen molar-refractivity contribution in [3.63, 3.8) is 0 Å². The molecule has 1 aliphatic heterocycles. The second kappa shape index (κ2) is 13.2. The minimum absolute atomic E-state index is 0.0364. The van der Waals surface area contributed by atoms with Crippen LogP contribution in [-0.4, -0.2) is 56.3 Å². The third-order valence-corrected chi connectivity index (χ3v) is 9.47. The lowest BCUT2D eigenvalue weighted by molar-refractivity contribution is -0.135. The summed E-state index contributed by atoms with van der Waals surface area (Å²) in [5, 5.41) is 0.275. The fourth-order valence-corrected chi connectivity index (χ4v) is 7.22. The number of rotatable bonds is 9. The van der Waals surface area contributed by atoms with E-state index in [-0.39, 0.29) is 33.3 Å². The third kappa shape index (κ3) is 7.18. The Kier molecular flexibility index (Phi) is 9.42. The van der Waals surface area contributed by atoms with Crippen molar-refractivity contribution in [3.05, 3.63) is 136 Å². The predicted molar refractivity (Wildman–Crippen MR) is 164 cm³/mol. The van der Waals surface area contributed by atoms with Gasteiger partial charge in [-0.1, -0.05) is 114 Å². The van der Waals surface area contributed by atoms with Gasteiger partial charge in [0, 0.05) is 31.2 Å². The number of piperazine rings is 1. The summed E-state index contributed by atoms with van der Waals surface area (Å²) in [7, 11) is -4.14. The topological polar surface area (TPSA) is 69.7 Å². The first-order valence-corrected chi connectivity index (χ1v) is 15.7. The molecule has 0 aliphatic carbocycles. The molecule has 5 rings (SSSR count). The lowest BCUT2D eigenvalue weighted by atomic mass is 9.96. The minimum atomic E-state index is -4.14. The van der Waals surface area contributed by atoms with Crippen molar-refractivity contribution in [1.82, 2.24) is 14.5 Å². The number of halogens is 2. The standard InChI is InChI=1S/C32H31Cl2N3O3S/c33-27-16-17-28(34)30(23-27)41(39,40)35-29(22-24-10-4-1-5-11-24)32(38)37-20-18-36(19-21-37)31(25-12-6-2-7-13-25)26-14-8-3-9-15-26/h1-17,23,29,31,35H,18-22H2. The zero-order chi connectivity index (χ0) is 28.8. The van der Waals surface area contributed by atoms with Crippen molar-refractivity contribution in [2.45, 2.75) is 23.4 Å². The largest absolute Gasteiger partial charge is 0.339 e. The second-order valence-corrected chi connectivity index (χ2v) is 12.5. The molecule has 1 unspecified atom stereocenters. The van der Waals surface area contributed by atoms with Gasteiger partial charge in [-0.2, -0.15) is 4.72 Å². The molecule has 0 radical (unpaired) electrons. The van der Waals surface area contributed by atoms with Crippen LogP contribution in [0.15, 0.2) is 114 Å². The van der Waals surface area contributed by atoms with Crippen LogP contribution in [0.3, 0.4) is 0 Å². The zero-order valence-electron chi connectivity index (χ0n) is 22.4. The number of hydrogen-bond acceptors (Lipinski definition) is 4. The van der Waals surface area contributed by atoms with Crippen LogP contribution in [0, 0.1) is 0 Å². The molecule has 0 spiro atoms. The average Bonchev–Trinajstić information content (AvgIpc) is 3.00. The van der Waals surface area contributed by atoms with Gasteiger partial charge in [-0.3, -0.25) is 9.69 Å². The molecule has 1 N–H and O–H groups in total. The van der Waals surface area contributed by atoms with Crippen molar-refractivity contribution in [3.8, 4) is 0 Å². The number of nitrogens with one attached hydrogen (secondary N) is 1. The summed E-state index contributed by atoms with van der Waals surface area (Å²) in [4.78, 5) is 17.9. The number of nitrogens with zero attached hydrogens (tertiary/aromatic N) is 2. The van der Waals surface area contributed by atoms with Gasteiger partial charge in [0.25, 0.3) is 0 Å². The van der Waals surface area contributed by atoms with Crippen molar-refractivity contribution >= 4 is 39.1 Å². The summed E-state index contributed by atoms with van der Waals surface area (Å²) in [5.74, 6) is -0.272. The molecule has 6 nitrogen and oxygen atoms in total. The molecule has 4 aromatic rings. The van der Waals surface area contributed by atoms with Crippen LogP contribution in [0.1, 0.15) is 22.7 Å². The number of carbonyl (C=O) groups excluding carboxylic acids is 1. The van der Waals surface area contributed by atoms with Gasteiger partial charge in [0.1, 0.15) is 10.9 Å². The molecule has 0 bridgehead atoms. The average molecular weight is 609 g/mol. The molecule has 212 valence electrons. The summed E-state index contributed by atoms with van der Waals surface area (Å²) in [6, 6.07) is 33.3. The highest BCUT2D eigenvalue weighted by Crippen LogP contribution is 2.30. The van der Waals surface area contributed by atoms with E-state index >= 15 is 0 Å². The first kappa shape index (κ1) is 29.3. The Hall–Kier alpha value is -3.20. The van der Waals surface area contributed by atoms with E-state index in [0.29, 0.717) is 26.2 Å². The first-order valence-electron chi connectivity index (χ1n) is 13.5. The van der Waals surface area contributed by atoms with Gasteiger partial charge >= 0.3 is 0 Å². The SMILES string of the molecule is O=C(C(Cc1ccccc1)NS(=O)(=O)c1cc(Cl)ccc1Cl)N1CCN(C(c2ccccc2)c2ccccc2)CC1. The van der Waals surface area contributed by atoms with Crippen LogP contribution in [0.2, 0.25) is 10.0 Å². The Morgan fingerprint density at radius 3 is 1.85 bits per heavy atom. The van der Waals surface area contributed by atoms with Crippen LogP contribution in [0.4, 0.5) is 0 Å². The zero-order valence-corrected chi connectivity index (χ0v) is 24.7. The number of hydrogen-bond donors (Lipinski definition) is 1. The molecule has 0 aromatic heterocycles. The van der Waals surface area contributed by atoms with Crippen LogP contribution < -0.4 is 4.72 Å². The van der Waals surface area contributed by atoms with E-state index in [1.54, 1.807) is 4.90 Å². The molecule has 1 amide bonds. The predicted octanol–water partition coefficient (Wildman–Crippen LogP) is 5.82. The Labute approximate surface area is 251 Å². The van der Waals surface area contributed by atoms with Crippen LogP contribution in [0.5, 0.6) is 0 Å². The van der Waals surface area contributed by atoms with E-state index in [4.69, 9.17) is 23.2 Å². The Balaban J connectivity index is 1.36. The van der Waals surface area contributed by atoms with E-state index in [9.17, 15) is 13.2 Å². The molecule has 1 saturated heterocycles. The van der Waals surface area contributed by atoms with Gasteiger partial charge in [-0.05, 0) is 41.3 Å². The monoisotopic (exact) mass is 607 g/mol. The van der Waals surface area contributed by atoms with Gasteiger partial charge < -0.3 is 4.90 Å².